The molecule has 1 amide bonds. The summed E-state index contributed by atoms with van der Waals surface area (Å²) in [6.07, 6.45) is 4.07. The fraction of sp³-hybridized carbons (Fsp3) is 0.300. The van der Waals surface area contributed by atoms with Crippen molar-refractivity contribution in [3.05, 3.63) is 59.7 Å². The lowest BCUT2D eigenvalue weighted by molar-refractivity contribution is 0.0589. The average Bonchev–Trinajstić information content (AvgIpc) is 3.31. The fourth-order valence-electron chi connectivity index (χ4n) is 3.14. The van der Waals surface area contributed by atoms with E-state index >= 15 is 0 Å². The molecule has 0 radical (unpaired) electrons. The van der Waals surface area contributed by atoms with E-state index in [0.717, 1.165) is 17.7 Å². The Morgan fingerprint density at radius 3 is 2.39 bits per heavy atom. The van der Waals surface area contributed by atoms with Gasteiger partial charge in [-0.05, 0) is 30.2 Å². The number of amides is 1. The van der Waals surface area contributed by atoms with Gasteiger partial charge in [0.15, 0.2) is 5.69 Å². The maximum atomic E-state index is 12.7. The van der Waals surface area contributed by atoms with E-state index in [-0.39, 0.29) is 11.9 Å². The summed E-state index contributed by atoms with van der Waals surface area (Å²) in [5.41, 5.74) is 3.28. The maximum Gasteiger partial charge on any atom is 0.356 e. The molecule has 0 bridgehead atoms. The lowest BCUT2D eigenvalue weighted by Crippen LogP contribution is -2.29. The van der Waals surface area contributed by atoms with Crippen LogP contribution in [-0.2, 0) is 18.8 Å². The molecule has 146 valence electrons. The quantitative estimate of drug-likeness (QED) is 0.663. The zero-order valence-corrected chi connectivity index (χ0v) is 16.3. The Morgan fingerprint density at radius 1 is 1.11 bits per heavy atom. The van der Waals surface area contributed by atoms with Crippen LogP contribution in [0.1, 0.15) is 45.9 Å². The second-order valence-corrected chi connectivity index (χ2v) is 6.41. The van der Waals surface area contributed by atoms with Gasteiger partial charge < -0.3 is 10.1 Å². The van der Waals surface area contributed by atoms with Gasteiger partial charge in [0.05, 0.1) is 25.0 Å². The van der Waals surface area contributed by atoms with Crippen molar-refractivity contribution in [3.8, 4) is 11.1 Å². The number of carbonyl (C=O) groups excluding carboxylic acids is 2. The zero-order valence-electron chi connectivity index (χ0n) is 16.3. The summed E-state index contributed by atoms with van der Waals surface area (Å²) >= 11 is 0. The normalized spacial score (nSPS) is 11.9. The third kappa shape index (κ3) is 3.66. The van der Waals surface area contributed by atoms with Gasteiger partial charge in [-0.25, -0.2) is 4.79 Å². The predicted octanol–water partition coefficient (Wildman–Crippen LogP) is 2.49. The summed E-state index contributed by atoms with van der Waals surface area (Å²) in [4.78, 5) is 24.7. The molecule has 1 N–H and O–H groups in total. The molecule has 2 aromatic heterocycles. The summed E-state index contributed by atoms with van der Waals surface area (Å²) in [5.74, 6) is -0.627. The Kier molecular flexibility index (Phi) is 5.58. The van der Waals surface area contributed by atoms with Gasteiger partial charge in [-0.1, -0.05) is 19.1 Å². The lowest BCUT2D eigenvalue weighted by Gasteiger charge is -2.17. The summed E-state index contributed by atoms with van der Waals surface area (Å²) in [6, 6.07) is 8.83. The monoisotopic (exact) mass is 381 g/mol. The maximum absolute atomic E-state index is 12.7. The standard InChI is InChI=1S/C20H23N5O3/c1-5-16(17-10-11-21-24(17)2)23-19(26)14-8-6-13(7-9-14)15-12-22-25(3)18(15)20(27)28-4/h6-12,16H,5H2,1-4H3,(H,23,26)/t16-/m1/s1. The predicted molar refractivity (Wildman–Crippen MR) is 104 cm³/mol. The highest BCUT2D eigenvalue weighted by Gasteiger charge is 2.20. The number of methoxy groups -OCH3 is 1. The number of nitrogens with one attached hydrogen (secondary N) is 1. The first-order chi connectivity index (χ1) is 13.5. The Labute approximate surface area is 163 Å². The third-order valence-corrected chi connectivity index (χ3v) is 4.71. The van der Waals surface area contributed by atoms with E-state index in [1.54, 1.807) is 48.4 Å². The number of nitrogens with zero attached hydrogens (tertiary/aromatic N) is 4. The molecular weight excluding hydrogens is 358 g/mol. The van der Waals surface area contributed by atoms with Gasteiger partial charge in [-0.2, -0.15) is 10.2 Å². The minimum absolute atomic E-state index is 0.121. The molecule has 1 aromatic carbocycles. The zero-order chi connectivity index (χ0) is 20.3. The molecule has 0 saturated heterocycles. The Bertz CT molecular complexity index is 988. The Hall–Kier alpha value is -3.42. The highest BCUT2D eigenvalue weighted by Crippen LogP contribution is 2.24. The van der Waals surface area contributed by atoms with Crippen LogP contribution in [0.15, 0.2) is 42.7 Å². The molecule has 0 spiro atoms. The topological polar surface area (TPSA) is 91.0 Å². The highest BCUT2D eigenvalue weighted by molar-refractivity contribution is 5.97. The first-order valence-corrected chi connectivity index (χ1v) is 8.95. The number of benzene rings is 1. The summed E-state index contributed by atoms with van der Waals surface area (Å²) in [5, 5.41) is 11.3. The molecule has 3 rings (SSSR count). The van der Waals surface area contributed by atoms with Gasteiger partial charge in [-0.15, -0.1) is 0 Å². The SMILES string of the molecule is CC[C@@H](NC(=O)c1ccc(-c2cnn(C)c2C(=O)OC)cc1)c1ccnn1C. The first kappa shape index (κ1) is 19.3. The van der Waals surface area contributed by atoms with Crippen molar-refractivity contribution in [1.82, 2.24) is 24.9 Å². The number of ether oxygens (including phenoxy) is 1. The molecule has 0 fully saturated rings. The van der Waals surface area contributed by atoms with Crippen LogP contribution in [0.4, 0.5) is 0 Å². The van der Waals surface area contributed by atoms with Crippen molar-refractivity contribution in [1.29, 1.82) is 0 Å². The molecule has 0 aliphatic rings. The second-order valence-electron chi connectivity index (χ2n) is 6.41. The van der Waals surface area contributed by atoms with Crippen molar-refractivity contribution in [2.75, 3.05) is 7.11 Å². The van der Waals surface area contributed by atoms with Crippen molar-refractivity contribution < 1.29 is 14.3 Å². The van der Waals surface area contributed by atoms with E-state index in [0.29, 0.717) is 16.8 Å². The number of esters is 1. The molecule has 8 heteroatoms. The lowest BCUT2D eigenvalue weighted by atomic mass is 10.0. The van der Waals surface area contributed by atoms with Gasteiger partial charge >= 0.3 is 5.97 Å². The number of rotatable bonds is 6. The number of hydrogen-bond acceptors (Lipinski definition) is 5. The number of carbonyl (C=O) groups is 2. The van der Waals surface area contributed by atoms with Crippen LogP contribution in [0.25, 0.3) is 11.1 Å². The number of aromatic nitrogens is 4. The molecular formula is C20H23N5O3. The average molecular weight is 381 g/mol. The van der Waals surface area contributed by atoms with Crippen LogP contribution in [-0.4, -0.2) is 38.5 Å². The van der Waals surface area contributed by atoms with Gasteiger partial charge in [-0.3, -0.25) is 14.2 Å². The van der Waals surface area contributed by atoms with E-state index in [2.05, 4.69) is 15.5 Å². The van der Waals surface area contributed by atoms with E-state index in [4.69, 9.17) is 4.74 Å². The number of aryl methyl sites for hydroxylation is 2. The largest absolute Gasteiger partial charge is 0.464 e. The first-order valence-electron chi connectivity index (χ1n) is 8.95. The minimum atomic E-state index is -0.459. The molecule has 2 heterocycles. The molecule has 0 unspecified atom stereocenters. The molecule has 8 nitrogen and oxygen atoms in total. The van der Waals surface area contributed by atoms with E-state index in [1.165, 1.54) is 11.8 Å². The van der Waals surface area contributed by atoms with Crippen LogP contribution < -0.4 is 5.32 Å². The second kappa shape index (κ2) is 8.08. The van der Waals surface area contributed by atoms with Crippen molar-refractivity contribution in [2.24, 2.45) is 14.1 Å². The summed E-state index contributed by atoms with van der Waals surface area (Å²) in [6.45, 7) is 2.01. The summed E-state index contributed by atoms with van der Waals surface area (Å²) in [7, 11) is 4.87. The third-order valence-electron chi connectivity index (χ3n) is 4.71. The van der Waals surface area contributed by atoms with E-state index in [9.17, 15) is 9.59 Å². The molecule has 1 atom stereocenters. The van der Waals surface area contributed by atoms with Crippen molar-refractivity contribution >= 4 is 11.9 Å². The summed E-state index contributed by atoms with van der Waals surface area (Å²) < 4.78 is 8.06. The molecule has 3 aromatic rings. The van der Waals surface area contributed by atoms with Crippen molar-refractivity contribution in [2.45, 2.75) is 19.4 Å². The minimum Gasteiger partial charge on any atom is -0.464 e. The van der Waals surface area contributed by atoms with Crippen LogP contribution in [0.2, 0.25) is 0 Å². The van der Waals surface area contributed by atoms with Crippen LogP contribution in [0, 0.1) is 0 Å². The number of hydrogen-bond donors (Lipinski definition) is 1. The van der Waals surface area contributed by atoms with Crippen LogP contribution in [0.3, 0.4) is 0 Å². The molecule has 28 heavy (non-hydrogen) atoms. The fourth-order valence-corrected chi connectivity index (χ4v) is 3.14. The van der Waals surface area contributed by atoms with Gasteiger partial charge in [0.25, 0.3) is 5.91 Å². The molecule has 0 aliphatic heterocycles. The van der Waals surface area contributed by atoms with Gasteiger partial charge in [0, 0.05) is 31.4 Å². The van der Waals surface area contributed by atoms with Gasteiger partial charge in [0.1, 0.15) is 0 Å². The molecule has 0 aliphatic carbocycles. The van der Waals surface area contributed by atoms with E-state index < -0.39 is 5.97 Å². The molecule has 0 saturated carbocycles. The van der Waals surface area contributed by atoms with E-state index in [1.807, 2.05) is 20.0 Å². The smallest absolute Gasteiger partial charge is 0.356 e. The Morgan fingerprint density at radius 2 is 1.82 bits per heavy atom. The van der Waals surface area contributed by atoms with Crippen LogP contribution >= 0.6 is 0 Å². The van der Waals surface area contributed by atoms with Gasteiger partial charge in [0.2, 0.25) is 0 Å². The Balaban J connectivity index is 1.80. The highest BCUT2D eigenvalue weighted by atomic mass is 16.5. The van der Waals surface area contributed by atoms with Crippen LogP contribution in [0.5, 0.6) is 0 Å². The van der Waals surface area contributed by atoms with Crippen molar-refractivity contribution in [3.63, 3.8) is 0 Å².